The maximum absolute atomic E-state index is 16.3. The van der Waals surface area contributed by atoms with Crippen LogP contribution in [-0.4, -0.2) is 76.8 Å². The number of fused-ring (bicyclic) bond motifs is 4. The fourth-order valence-corrected chi connectivity index (χ4v) is 13.3. The summed E-state index contributed by atoms with van der Waals surface area (Å²) in [7, 11) is 0. The number of likely N-dealkylation sites (tertiary alicyclic amines) is 1. The van der Waals surface area contributed by atoms with E-state index >= 15 is 4.39 Å². The van der Waals surface area contributed by atoms with E-state index in [1.54, 1.807) is 35.4 Å². The van der Waals surface area contributed by atoms with Gasteiger partial charge in [-0.3, -0.25) is 39.7 Å². The van der Waals surface area contributed by atoms with Crippen molar-refractivity contribution < 1.29 is 28.4 Å². The standard InChI is InChI=1S/C52H58Cl2FN7O5/c53-34-16-19-39-41(28-34)58-49(66)52(39)44(37-12-7-13-40(54)45(37)55)46(60-51(52)23-4-1-5-24-51)47(64)57-35-17-14-33(15-18-35)48(65)61-25-20-31(21-26-61)8-2-3-9-32-10-6-11-36-38(32)29-56-30-42(36)62-27-22-43(63)59-50(62)67/h6-7,10-13,16,19,28-31,33,35,44,46,60H,1-5,8-9,14-15,17-18,20-27H2,(H,57,64)(H,58,66)(H,59,63,67)/t33?,35?,44-,46+,52+/m0/s1. The highest BCUT2D eigenvalue weighted by Gasteiger charge is 2.72. The average Bonchev–Trinajstić information content (AvgIpc) is 3.79. The first-order valence-corrected chi connectivity index (χ1v) is 25.1. The number of amides is 6. The molecule has 3 aromatic carbocycles. The third-order valence-electron chi connectivity index (χ3n) is 16.2. The molecule has 2 saturated carbocycles. The summed E-state index contributed by atoms with van der Waals surface area (Å²) in [5.41, 5.74) is 1.34. The highest BCUT2D eigenvalue weighted by Crippen LogP contribution is 2.63. The summed E-state index contributed by atoms with van der Waals surface area (Å²) >= 11 is 12.9. The van der Waals surface area contributed by atoms with Crippen LogP contribution in [-0.2, 0) is 31.0 Å². The van der Waals surface area contributed by atoms with Gasteiger partial charge < -0.3 is 15.5 Å². The second-order valence-electron chi connectivity index (χ2n) is 19.8. The third-order valence-corrected chi connectivity index (χ3v) is 16.7. The Balaban J connectivity index is 0.739. The van der Waals surface area contributed by atoms with Gasteiger partial charge in [0.25, 0.3) is 0 Å². The van der Waals surface area contributed by atoms with E-state index < -0.39 is 34.8 Å². The Morgan fingerprint density at radius 1 is 0.851 bits per heavy atom. The van der Waals surface area contributed by atoms with E-state index in [-0.39, 0.29) is 52.6 Å². The SMILES string of the molecule is O=C1CCN(c2cncc3c(CCCCC4CCN(C(=O)C5CCC(NC(=O)[C@@H]6NC7(CCCCC7)[C@@]7(C(=O)Nc8cc(Cl)ccc87)[C@H]6c6cccc(Cl)c6F)CC5)CC4)cccc23)C(=O)N1. The Hall–Kier alpha value is -5.11. The molecule has 5 fully saturated rings. The van der Waals surface area contributed by atoms with E-state index in [4.69, 9.17) is 23.2 Å². The fourth-order valence-electron chi connectivity index (χ4n) is 12.9. The lowest BCUT2D eigenvalue weighted by Crippen LogP contribution is -2.60. The van der Waals surface area contributed by atoms with E-state index in [1.807, 2.05) is 29.3 Å². The lowest BCUT2D eigenvalue weighted by molar-refractivity contribution is -0.138. The van der Waals surface area contributed by atoms with Gasteiger partial charge in [0.1, 0.15) is 11.2 Å². The molecule has 3 atom stereocenters. The number of urea groups is 1. The van der Waals surface area contributed by atoms with Gasteiger partial charge in [0.15, 0.2) is 0 Å². The number of halogens is 3. The van der Waals surface area contributed by atoms with Crippen LogP contribution >= 0.6 is 23.2 Å². The number of anilines is 2. The van der Waals surface area contributed by atoms with Gasteiger partial charge in [0.2, 0.25) is 23.6 Å². The van der Waals surface area contributed by atoms with Crippen LogP contribution in [0.4, 0.5) is 20.6 Å². The van der Waals surface area contributed by atoms with E-state index in [1.165, 1.54) is 11.6 Å². The zero-order chi connectivity index (χ0) is 46.5. The van der Waals surface area contributed by atoms with Crippen molar-refractivity contribution in [3.05, 3.63) is 99.5 Å². The van der Waals surface area contributed by atoms with Crippen molar-refractivity contribution in [2.75, 3.05) is 29.9 Å². The molecule has 0 radical (unpaired) electrons. The average molecular weight is 951 g/mol. The largest absolute Gasteiger partial charge is 0.352 e. The van der Waals surface area contributed by atoms with E-state index in [0.717, 1.165) is 87.2 Å². The number of aryl methyl sites for hydroxylation is 1. The van der Waals surface area contributed by atoms with Crippen molar-refractivity contribution in [2.45, 2.75) is 132 Å². The van der Waals surface area contributed by atoms with Crippen molar-refractivity contribution in [2.24, 2.45) is 11.8 Å². The predicted molar refractivity (Wildman–Crippen MR) is 257 cm³/mol. The summed E-state index contributed by atoms with van der Waals surface area (Å²) in [5.74, 6) is -1.64. The molecule has 15 heteroatoms. The van der Waals surface area contributed by atoms with E-state index in [9.17, 15) is 24.0 Å². The lowest BCUT2D eigenvalue weighted by atomic mass is 9.55. The number of piperidine rings is 1. The van der Waals surface area contributed by atoms with Gasteiger partial charge in [-0.25, -0.2) is 9.18 Å². The first kappa shape index (κ1) is 45.7. The Kier molecular flexibility index (Phi) is 12.8. The molecule has 5 heterocycles. The predicted octanol–water partition coefficient (Wildman–Crippen LogP) is 9.10. The monoisotopic (exact) mass is 949 g/mol. The highest BCUT2D eigenvalue weighted by molar-refractivity contribution is 6.31. The van der Waals surface area contributed by atoms with Crippen molar-refractivity contribution >= 4 is 75.0 Å². The summed E-state index contributed by atoms with van der Waals surface area (Å²) in [6, 6.07) is 14.8. The van der Waals surface area contributed by atoms with Crippen LogP contribution in [0.5, 0.6) is 0 Å². The number of rotatable bonds is 10. The molecule has 4 aliphatic heterocycles. The number of nitrogens with one attached hydrogen (secondary N) is 4. The Bertz CT molecular complexity index is 2610. The van der Waals surface area contributed by atoms with Gasteiger partial charge in [-0.2, -0.15) is 0 Å². The van der Waals surface area contributed by atoms with Gasteiger partial charge in [-0.1, -0.05) is 91.7 Å². The fraction of sp³-hybridized carbons (Fsp3) is 0.500. The normalized spacial score (nSPS) is 26.2. The number of aromatic nitrogens is 1. The van der Waals surface area contributed by atoms with Crippen LogP contribution < -0.4 is 26.2 Å². The smallest absolute Gasteiger partial charge is 0.328 e. The molecular formula is C52H58Cl2FN7O5. The maximum Gasteiger partial charge on any atom is 0.328 e. The van der Waals surface area contributed by atoms with Crippen LogP contribution in [0.1, 0.15) is 119 Å². The minimum absolute atomic E-state index is 0.0613. The number of unbranched alkanes of at least 4 members (excludes halogenated alkanes) is 1. The topological polar surface area (TPSA) is 153 Å². The number of pyridine rings is 1. The molecule has 3 saturated heterocycles. The van der Waals surface area contributed by atoms with Crippen LogP contribution in [0.15, 0.2) is 67.0 Å². The van der Waals surface area contributed by atoms with Crippen molar-refractivity contribution in [1.29, 1.82) is 0 Å². The molecule has 6 aliphatic rings. The first-order valence-electron chi connectivity index (χ1n) is 24.4. The Labute approximate surface area is 400 Å². The molecule has 10 rings (SSSR count). The van der Waals surface area contributed by atoms with Crippen molar-refractivity contribution in [1.82, 2.24) is 25.8 Å². The van der Waals surface area contributed by atoms with Gasteiger partial charge in [-0.05, 0) is 105 Å². The van der Waals surface area contributed by atoms with Gasteiger partial charge in [-0.15, -0.1) is 0 Å². The number of benzene rings is 3. The molecule has 2 spiro atoms. The quantitative estimate of drug-likeness (QED) is 0.116. The molecular weight excluding hydrogens is 893 g/mol. The third kappa shape index (κ3) is 8.26. The van der Waals surface area contributed by atoms with Gasteiger partial charge in [0, 0.05) is 77.2 Å². The van der Waals surface area contributed by atoms with Crippen LogP contribution in [0.25, 0.3) is 10.8 Å². The molecule has 6 amide bonds. The van der Waals surface area contributed by atoms with Crippen molar-refractivity contribution in [3.63, 3.8) is 0 Å². The molecule has 352 valence electrons. The number of nitrogens with zero attached hydrogens (tertiary/aromatic N) is 3. The molecule has 67 heavy (non-hydrogen) atoms. The second-order valence-corrected chi connectivity index (χ2v) is 20.7. The van der Waals surface area contributed by atoms with Crippen LogP contribution in [0, 0.1) is 17.7 Å². The maximum atomic E-state index is 16.3. The van der Waals surface area contributed by atoms with E-state index in [2.05, 4.69) is 32.3 Å². The van der Waals surface area contributed by atoms with Crippen LogP contribution in [0.2, 0.25) is 10.0 Å². The molecule has 0 unspecified atom stereocenters. The summed E-state index contributed by atoms with van der Waals surface area (Å²) in [6.45, 7) is 1.85. The van der Waals surface area contributed by atoms with Crippen LogP contribution in [0.3, 0.4) is 0 Å². The number of hydrogen-bond acceptors (Lipinski definition) is 7. The zero-order valence-corrected chi connectivity index (χ0v) is 39.2. The Morgan fingerprint density at radius 3 is 2.40 bits per heavy atom. The molecule has 4 aromatic rings. The first-order chi connectivity index (χ1) is 32.5. The number of imide groups is 1. The molecule has 1 aromatic heterocycles. The lowest BCUT2D eigenvalue weighted by Gasteiger charge is -2.47. The summed E-state index contributed by atoms with van der Waals surface area (Å²) in [5, 5.41) is 14.9. The Morgan fingerprint density at radius 2 is 1.63 bits per heavy atom. The molecule has 12 nitrogen and oxygen atoms in total. The molecule has 4 N–H and O–H groups in total. The summed E-state index contributed by atoms with van der Waals surface area (Å²) in [6.07, 6.45) is 16.6. The minimum atomic E-state index is -1.29. The van der Waals surface area contributed by atoms with Gasteiger partial charge >= 0.3 is 6.03 Å². The number of carbonyl (C=O) groups is 5. The highest BCUT2D eigenvalue weighted by atomic mass is 35.5. The van der Waals surface area contributed by atoms with E-state index in [0.29, 0.717) is 67.4 Å². The summed E-state index contributed by atoms with van der Waals surface area (Å²) < 4.78 is 16.3. The second kappa shape index (κ2) is 18.8. The van der Waals surface area contributed by atoms with Gasteiger partial charge in [0.05, 0.1) is 22.9 Å². The molecule has 2 aliphatic carbocycles. The number of carbonyl (C=O) groups excluding carboxylic acids is 5. The minimum Gasteiger partial charge on any atom is -0.352 e. The zero-order valence-electron chi connectivity index (χ0n) is 37.7. The number of hydrogen-bond donors (Lipinski definition) is 4. The molecule has 0 bridgehead atoms. The summed E-state index contributed by atoms with van der Waals surface area (Å²) in [4.78, 5) is 75.8. The van der Waals surface area contributed by atoms with Crippen molar-refractivity contribution in [3.8, 4) is 0 Å².